The van der Waals surface area contributed by atoms with Crippen molar-refractivity contribution in [2.24, 2.45) is 11.7 Å². The van der Waals surface area contributed by atoms with Gasteiger partial charge in [-0.2, -0.15) is 0 Å². The van der Waals surface area contributed by atoms with Crippen LogP contribution in [0.2, 0.25) is 0 Å². The van der Waals surface area contributed by atoms with Crippen LogP contribution >= 0.6 is 0 Å². The molecule has 0 radical (unpaired) electrons. The zero-order chi connectivity index (χ0) is 20.1. The Morgan fingerprint density at radius 2 is 2.21 bits per heavy atom. The number of fused-ring (bicyclic) bond motifs is 1. The van der Waals surface area contributed by atoms with Crippen molar-refractivity contribution in [3.63, 3.8) is 0 Å². The highest BCUT2D eigenvalue weighted by atomic mass is 16.3. The molecule has 6 nitrogen and oxygen atoms in total. The molecule has 1 heterocycles. The van der Waals surface area contributed by atoms with Crippen molar-refractivity contribution in [1.82, 2.24) is 15.3 Å². The number of hydrogen-bond donors (Lipinski definition) is 4. The summed E-state index contributed by atoms with van der Waals surface area (Å²) in [5.41, 5.74) is 7.64. The smallest absolute Gasteiger partial charge is 0.253 e. The zero-order valence-electron chi connectivity index (χ0n) is 17.1. The van der Waals surface area contributed by atoms with Crippen LogP contribution in [0.15, 0.2) is 12.1 Å². The molecule has 28 heavy (non-hydrogen) atoms. The molecule has 5 N–H and O–H groups in total. The van der Waals surface area contributed by atoms with E-state index in [1.54, 1.807) is 12.1 Å². The van der Waals surface area contributed by atoms with Crippen LogP contribution in [0.3, 0.4) is 0 Å². The minimum atomic E-state index is -0.140. The predicted octanol–water partition coefficient (Wildman–Crippen LogP) is 4.03. The normalized spacial score (nSPS) is 21.0. The Balaban J connectivity index is 1.69. The molecule has 6 heteroatoms. The van der Waals surface area contributed by atoms with Gasteiger partial charge in [-0.1, -0.05) is 33.1 Å². The second kappa shape index (κ2) is 9.41. The number of aromatic amines is 1. The van der Waals surface area contributed by atoms with Gasteiger partial charge in [0.25, 0.3) is 5.91 Å². The summed E-state index contributed by atoms with van der Waals surface area (Å²) in [4.78, 5) is 20.7. The van der Waals surface area contributed by atoms with Gasteiger partial charge in [0.1, 0.15) is 22.6 Å². The topological polar surface area (TPSA) is 104 Å². The number of hydrogen-bond acceptors (Lipinski definition) is 4. The molecular formula is C22H34N4O2. The molecule has 3 atom stereocenters. The molecule has 0 bridgehead atoms. The Bertz CT molecular complexity index is 801. The van der Waals surface area contributed by atoms with Gasteiger partial charge in [-0.25, -0.2) is 4.98 Å². The Kier molecular flexibility index (Phi) is 6.94. The van der Waals surface area contributed by atoms with E-state index in [-0.39, 0.29) is 23.7 Å². The highest BCUT2D eigenvalue weighted by Crippen LogP contribution is 2.27. The van der Waals surface area contributed by atoms with Crippen molar-refractivity contribution >= 4 is 16.9 Å². The van der Waals surface area contributed by atoms with Gasteiger partial charge >= 0.3 is 0 Å². The number of rotatable bonds is 8. The molecular weight excluding hydrogens is 352 g/mol. The van der Waals surface area contributed by atoms with E-state index in [1.165, 1.54) is 12.8 Å². The van der Waals surface area contributed by atoms with Crippen molar-refractivity contribution in [2.75, 3.05) is 0 Å². The van der Waals surface area contributed by atoms with Gasteiger partial charge in [-0.05, 0) is 50.2 Å². The molecule has 0 spiro atoms. The summed E-state index contributed by atoms with van der Waals surface area (Å²) >= 11 is 0. The van der Waals surface area contributed by atoms with Crippen LogP contribution in [-0.2, 0) is 6.42 Å². The lowest BCUT2D eigenvalue weighted by molar-refractivity contribution is 0.0927. The molecule has 154 valence electrons. The van der Waals surface area contributed by atoms with Crippen molar-refractivity contribution in [2.45, 2.75) is 83.7 Å². The van der Waals surface area contributed by atoms with E-state index in [4.69, 9.17) is 5.73 Å². The monoisotopic (exact) mass is 386 g/mol. The minimum absolute atomic E-state index is 0.110. The van der Waals surface area contributed by atoms with Crippen LogP contribution < -0.4 is 11.1 Å². The largest absolute Gasteiger partial charge is 0.506 e. The summed E-state index contributed by atoms with van der Waals surface area (Å²) in [7, 11) is 0. The third kappa shape index (κ3) is 5.04. The number of phenols is 1. The highest BCUT2D eigenvalue weighted by molar-refractivity contribution is 6.06. The third-order valence-corrected chi connectivity index (χ3v) is 6.02. The summed E-state index contributed by atoms with van der Waals surface area (Å²) < 4.78 is 0. The van der Waals surface area contributed by atoms with E-state index in [2.05, 4.69) is 29.1 Å². The molecule has 3 unspecified atom stereocenters. The quantitative estimate of drug-likeness (QED) is 0.514. The molecule has 1 aromatic heterocycles. The molecule has 1 fully saturated rings. The first-order valence-corrected chi connectivity index (χ1v) is 10.7. The molecule has 1 aliphatic rings. The summed E-state index contributed by atoms with van der Waals surface area (Å²) in [5.74, 6) is 1.57. The van der Waals surface area contributed by atoms with Gasteiger partial charge in [-0.3, -0.25) is 4.79 Å². The predicted molar refractivity (Wildman–Crippen MR) is 112 cm³/mol. The lowest BCUT2D eigenvalue weighted by atomic mass is 9.91. The van der Waals surface area contributed by atoms with E-state index in [0.29, 0.717) is 16.6 Å². The van der Waals surface area contributed by atoms with E-state index in [0.717, 1.165) is 56.7 Å². The van der Waals surface area contributed by atoms with E-state index >= 15 is 0 Å². The number of nitrogens with zero attached hydrogens (tertiary/aromatic N) is 1. The first kappa shape index (κ1) is 20.6. The number of benzene rings is 1. The number of H-pyrrole nitrogens is 1. The average Bonchev–Trinajstić information content (AvgIpc) is 3.10. The van der Waals surface area contributed by atoms with E-state index in [9.17, 15) is 9.90 Å². The van der Waals surface area contributed by atoms with Crippen LogP contribution in [0.1, 0.15) is 81.4 Å². The van der Waals surface area contributed by atoms with Crippen LogP contribution in [0.5, 0.6) is 5.75 Å². The van der Waals surface area contributed by atoms with Gasteiger partial charge < -0.3 is 21.1 Å². The number of carbonyl (C=O) groups is 1. The van der Waals surface area contributed by atoms with Gasteiger partial charge in [0.15, 0.2) is 0 Å². The number of phenolic OH excluding ortho intramolecular Hbond substituents is 1. The number of nitrogens with one attached hydrogen (secondary N) is 2. The lowest BCUT2D eigenvalue weighted by Crippen LogP contribution is -2.42. The van der Waals surface area contributed by atoms with Crippen molar-refractivity contribution in [3.8, 4) is 5.75 Å². The Morgan fingerprint density at radius 3 is 2.96 bits per heavy atom. The van der Waals surface area contributed by atoms with Crippen LogP contribution in [0.25, 0.3) is 11.0 Å². The number of unbranched alkanes of at least 4 members (excludes halogenated alkanes) is 1. The maximum absolute atomic E-state index is 12.8. The summed E-state index contributed by atoms with van der Waals surface area (Å²) in [5, 5.41) is 13.3. The molecule has 1 aromatic carbocycles. The number of carbonyl (C=O) groups excluding carboxylic acids is 1. The van der Waals surface area contributed by atoms with Gasteiger partial charge in [0, 0.05) is 18.5 Å². The molecule has 0 saturated heterocycles. The molecule has 3 rings (SSSR count). The van der Waals surface area contributed by atoms with Crippen molar-refractivity contribution in [1.29, 1.82) is 0 Å². The minimum Gasteiger partial charge on any atom is -0.506 e. The van der Waals surface area contributed by atoms with Gasteiger partial charge in [-0.15, -0.1) is 0 Å². The van der Waals surface area contributed by atoms with Crippen molar-refractivity contribution in [3.05, 3.63) is 23.5 Å². The maximum Gasteiger partial charge on any atom is 0.253 e. The van der Waals surface area contributed by atoms with Crippen molar-refractivity contribution < 1.29 is 9.90 Å². The third-order valence-electron chi connectivity index (χ3n) is 6.02. The van der Waals surface area contributed by atoms with Gasteiger partial charge in [0.2, 0.25) is 0 Å². The Morgan fingerprint density at radius 1 is 1.39 bits per heavy atom. The van der Waals surface area contributed by atoms with Gasteiger partial charge in [0.05, 0.1) is 5.56 Å². The molecule has 1 aliphatic carbocycles. The zero-order valence-corrected chi connectivity index (χ0v) is 17.1. The van der Waals surface area contributed by atoms with E-state index < -0.39 is 0 Å². The molecule has 0 aliphatic heterocycles. The number of amides is 1. The first-order chi connectivity index (χ1) is 13.5. The number of aromatic hydroxyl groups is 1. The number of aryl methyl sites for hydroxylation is 1. The van der Waals surface area contributed by atoms with E-state index in [1.807, 2.05) is 0 Å². The number of nitrogens with two attached hydrogens (primary N) is 1. The fourth-order valence-electron chi connectivity index (χ4n) is 4.04. The van der Waals surface area contributed by atoms with Crippen LogP contribution in [-0.4, -0.2) is 33.1 Å². The maximum atomic E-state index is 12.8. The molecule has 2 aromatic rings. The summed E-state index contributed by atoms with van der Waals surface area (Å²) in [6.07, 6.45) is 9.30. The Hall–Kier alpha value is -2.08. The average molecular weight is 387 g/mol. The SMILES string of the molecule is CCC(C)CCCCc1nc2c(C(=O)NC3CCCC(N)C3)ccc(O)c2[nH]1. The molecule has 1 amide bonds. The van der Waals surface area contributed by atoms with Crippen LogP contribution in [0.4, 0.5) is 0 Å². The highest BCUT2D eigenvalue weighted by Gasteiger charge is 2.23. The second-order valence-corrected chi connectivity index (χ2v) is 8.40. The first-order valence-electron chi connectivity index (χ1n) is 10.7. The Labute approximate surface area is 167 Å². The summed E-state index contributed by atoms with van der Waals surface area (Å²) in [6.45, 7) is 4.50. The van der Waals surface area contributed by atoms with Crippen LogP contribution in [0, 0.1) is 5.92 Å². The fourth-order valence-corrected chi connectivity index (χ4v) is 4.04. The number of aromatic nitrogens is 2. The number of imidazole rings is 1. The lowest BCUT2D eigenvalue weighted by Gasteiger charge is -2.27. The summed E-state index contributed by atoms with van der Waals surface area (Å²) in [6, 6.07) is 3.49. The molecule has 1 saturated carbocycles. The fraction of sp³-hybridized carbons (Fsp3) is 0.636. The standard InChI is InChI=1S/C22H34N4O2/c1-3-14(2)7-4-5-10-19-25-20-17(11-12-18(27)21(20)26-19)22(28)24-16-9-6-8-15(23)13-16/h11-12,14-16,27H,3-10,13,23H2,1-2H3,(H,24,28)(H,25,26). The second-order valence-electron chi connectivity index (χ2n) is 8.40.